The van der Waals surface area contributed by atoms with E-state index in [1.165, 1.54) is 5.56 Å². The van der Waals surface area contributed by atoms with Gasteiger partial charge in [0.25, 0.3) is 0 Å². The molecule has 2 nitrogen and oxygen atoms in total. The van der Waals surface area contributed by atoms with E-state index in [4.69, 9.17) is 0 Å². The molecule has 2 aromatic rings. The minimum atomic E-state index is 0.0405. The molecule has 22 heavy (non-hydrogen) atoms. The summed E-state index contributed by atoms with van der Waals surface area (Å²) in [5.41, 5.74) is 2.36. The minimum Gasteiger partial charge on any atom is -0.299 e. The summed E-state index contributed by atoms with van der Waals surface area (Å²) in [6.07, 6.45) is 5.45. The van der Waals surface area contributed by atoms with Crippen molar-refractivity contribution in [3.8, 4) is 0 Å². The highest BCUT2D eigenvalue weighted by atomic mass is 16.1. The highest BCUT2D eigenvalue weighted by Crippen LogP contribution is 2.20. The molecule has 1 heterocycles. The molecule has 0 aliphatic carbocycles. The molecule has 1 aromatic carbocycles. The molecule has 0 radical (unpaired) electrons. The van der Waals surface area contributed by atoms with Crippen molar-refractivity contribution in [2.75, 3.05) is 0 Å². The fraction of sp³-hybridized carbons (Fsp3) is 0.400. The topological polar surface area (TPSA) is 30.0 Å². The zero-order valence-corrected chi connectivity index (χ0v) is 14.5. The lowest BCUT2D eigenvalue weighted by Gasteiger charge is -2.11. The molecule has 2 rings (SSSR count). The van der Waals surface area contributed by atoms with Gasteiger partial charge >= 0.3 is 0 Å². The number of hydrogen-bond donors (Lipinski definition) is 0. The molecule has 0 saturated heterocycles. The van der Waals surface area contributed by atoms with Gasteiger partial charge in [0.05, 0.1) is 0 Å². The van der Waals surface area contributed by atoms with Gasteiger partial charge in [-0.3, -0.25) is 9.78 Å². The number of carbonyl (C=O) groups is 1. The Morgan fingerprint density at radius 2 is 1.73 bits per heavy atom. The summed E-state index contributed by atoms with van der Waals surface area (Å²) in [6, 6.07) is 14.1. The zero-order valence-electron chi connectivity index (χ0n) is 14.5. The van der Waals surface area contributed by atoms with Crippen molar-refractivity contribution in [3.63, 3.8) is 0 Å². The molecule has 0 aliphatic rings. The average molecular weight is 299 g/mol. The van der Waals surface area contributed by atoms with Gasteiger partial charge in [0.1, 0.15) is 5.78 Å². The summed E-state index contributed by atoms with van der Waals surface area (Å²) in [7, 11) is 0. The average Bonchev–Trinajstić information content (AvgIpc) is 2.56. The Kier molecular flexibility index (Phi) is 11.6. The third-order valence-electron chi connectivity index (χ3n) is 3.10. The van der Waals surface area contributed by atoms with Gasteiger partial charge in [-0.15, -0.1) is 0 Å². The molecule has 0 fully saturated rings. The Hall–Kier alpha value is -1.96. The lowest BCUT2D eigenvalue weighted by molar-refractivity contribution is -0.118. The fourth-order valence-corrected chi connectivity index (χ4v) is 2.01. The second-order valence-electron chi connectivity index (χ2n) is 4.89. The predicted molar refractivity (Wildman–Crippen MR) is 95.1 cm³/mol. The quantitative estimate of drug-likeness (QED) is 0.738. The smallest absolute Gasteiger partial charge is 0.137 e. The first-order chi connectivity index (χ1) is 10.6. The number of hydrogen-bond acceptors (Lipinski definition) is 2. The lowest BCUT2D eigenvalue weighted by Crippen LogP contribution is -2.08. The Morgan fingerprint density at radius 1 is 1.09 bits per heavy atom. The van der Waals surface area contributed by atoms with E-state index >= 15 is 0 Å². The first kappa shape index (κ1) is 20.0. The van der Waals surface area contributed by atoms with E-state index in [1.807, 2.05) is 44.2 Å². The molecule has 1 unspecified atom stereocenters. The Morgan fingerprint density at radius 3 is 2.09 bits per heavy atom. The molecule has 0 N–H and O–H groups in total. The summed E-state index contributed by atoms with van der Waals surface area (Å²) in [4.78, 5) is 15.3. The standard InChI is InChI=1S/C11H15NO.C7H8.C2H6/c1-3-5-11(9(2)13)10-6-4-7-12-8-10;1-7-5-3-2-4-6-7;1-2/h4,6-8,11H,3,5H2,1-2H3;2-6H,1H3;1-2H3. The fourth-order valence-electron chi connectivity index (χ4n) is 2.01. The maximum absolute atomic E-state index is 11.3. The second kappa shape index (κ2) is 12.8. The number of carbonyl (C=O) groups excluding carboxylic acids is 1. The zero-order chi connectivity index (χ0) is 16.8. The van der Waals surface area contributed by atoms with Crippen LogP contribution >= 0.6 is 0 Å². The number of aryl methyl sites for hydroxylation is 1. The van der Waals surface area contributed by atoms with Gasteiger partial charge in [-0.2, -0.15) is 0 Å². The molecule has 0 spiro atoms. The van der Waals surface area contributed by atoms with Crippen molar-refractivity contribution < 1.29 is 4.79 Å². The molecule has 0 amide bonds. The van der Waals surface area contributed by atoms with Crippen LogP contribution in [0.4, 0.5) is 0 Å². The highest BCUT2D eigenvalue weighted by molar-refractivity contribution is 5.83. The van der Waals surface area contributed by atoms with E-state index in [1.54, 1.807) is 19.3 Å². The minimum absolute atomic E-state index is 0.0405. The van der Waals surface area contributed by atoms with Crippen molar-refractivity contribution >= 4 is 5.78 Å². The predicted octanol–water partition coefficient (Wildman–Crippen LogP) is 5.58. The summed E-state index contributed by atoms with van der Waals surface area (Å²) in [5, 5.41) is 0. The van der Waals surface area contributed by atoms with Crippen LogP contribution in [-0.2, 0) is 4.79 Å². The molecular weight excluding hydrogens is 270 g/mol. The monoisotopic (exact) mass is 299 g/mol. The molecule has 120 valence electrons. The number of ketones is 1. The Labute approximate surface area is 135 Å². The molecule has 0 saturated carbocycles. The van der Waals surface area contributed by atoms with Gasteiger partial charge in [-0.25, -0.2) is 0 Å². The van der Waals surface area contributed by atoms with Crippen molar-refractivity contribution in [1.82, 2.24) is 4.98 Å². The van der Waals surface area contributed by atoms with Gasteiger partial charge in [-0.05, 0) is 31.9 Å². The maximum Gasteiger partial charge on any atom is 0.137 e. The summed E-state index contributed by atoms with van der Waals surface area (Å²) in [6.45, 7) is 9.82. The highest BCUT2D eigenvalue weighted by Gasteiger charge is 2.14. The van der Waals surface area contributed by atoms with E-state index in [2.05, 4.69) is 31.0 Å². The van der Waals surface area contributed by atoms with Crippen LogP contribution in [0.3, 0.4) is 0 Å². The van der Waals surface area contributed by atoms with Crippen LogP contribution in [0.25, 0.3) is 0 Å². The van der Waals surface area contributed by atoms with Crippen molar-refractivity contribution in [1.29, 1.82) is 0 Å². The van der Waals surface area contributed by atoms with Crippen LogP contribution in [0, 0.1) is 6.92 Å². The van der Waals surface area contributed by atoms with Crippen LogP contribution < -0.4 is 0 Å². The second-order valence-corrected chi connectivity index (χ2v) is 4.89. The van der Waals surface area contributed by atoms with E-state index in [-0.39, 0.29) is 11.7 Å². The van der Waals surface area contributed by atoms with Crippen LogP contribution in [-0.4, -0.2) is 10.8 Å². The Bertz CT molecular complexity index is 494. The van der Waals surface area contributed by atoms with E-state index in [0.717, 1.165) is 18.4 Å². The molecular formula is C20H29NO. The number of Topliss-reactive ketones (excluding diaryl/α,β-unsaturated/α-hetero) is 1. The van der Waals surface area contributed by atoms with Gasteiger partial charge in [-0.1, -0.05) is 69.2 Å². The van der Waals surface area contributed by atoms with E-state index in [9.17, 15) is 4.79 Å². The largest absolute Gasteiger partial charge is 0.299 e. The van der Waals surface area contributed by atoms with Gasteiger partial charge in [0, 0.05) is 18.3 Å². The summed E-state index contributed by atoms with van der Waals surface area (Å²) in [5.74, 6) is 0.272. The number of nitrogens with zero attached hydrogens (tertiary/aromatic N) is 1. The molecule has 0 bridgehead atoms. The van der Waals surface area contributed by atoms with Crippen LogP contribution in [0.1, 0.15) is 57.6 Å². The third kappa shape index (κ3) is 8.35. The first-order valence-corrected chi connectivity index (χ1v) is 8.07. The Balaban J connectivity index is 0.000000412. The molecule has 1 aromatic heterocycles. The van der Waals surface area contributed by atoms with E-state index in [0.29, 0.717) is 0 Å². The van der Waals surface area contributed by atoms with Crippen molar-refractivity contribution in [2.24, 2.45) is 0 Å². The van der Waals surface area contributed by atoms with E-state index < -0.39 is 0 Å². The number of benzene rings is 1. The lowest BCUT2D eigenvalue weighted by atomic mass is 9.92. The van der Waals surface area contributed by atoms with Crippen LogP contribution in [0.15, 0.2) is 54.9 Å². The number of aromatic nitrogens is 1. The normalized spacial score (nSPS) is 10.4. The van der Waals surface area contributed by atoms with Gasteiger partial charge < -0.3 is 0 Å². The van der Waals surface area contributed by atoms with Crippen LogP contribution in [0.2, 0.25) is 0 Å². The van der Waals surface area contributed by atoms with Crippen molar-refractivity contribution in [3.05, 3.63) is 66.0 Å². The van der Waals surface area contributed by atoms with Crippen molar-refractivity contribution in [2.45, 2.75) is 53.4 Å². The molecule has 1 atom stereocenters. The van der Waals surface area contributed by atoms with Crippen LogP contribution in [0.5, 0.6) is 0 Å². The number of pyridine rings is 1. The maximum atomic E-state index is 11.3. The summed E-state index contributed by atoms with van der Waals surface area (Å²) < 4.78 is 0. The van der Waals surface area contributed by atoms with Gasteiger partial charge in [0.15, 0.2) is 0 Å². The number of rotatable bonds is 4. The SMILES string of the molecule is CC.CCCC(C(C)=O)c1cccnc1.Cc1ccccc1. The van der Waals surface area contributed by atoms with Gasteiger partial charge in [0.2, 0.25) is 0 Å². The third-order valence-corrected chi connectivity index (χ3v) is 3.10. The molecule has 0 aliphatic heterocycles. The summed E-state index contributed by atoms with van der Waals surface area (Å²) >= 11 is 0. The first-order valence-electron chi connectivity index (χ1n) is 8.07. The molecule has 2 heteroatoms.